The van der Waals surface area contributed by atoms with E-state index in [4.69, 9.17) is 4.52 Å². The van der Waals surface area contributed by atoms with Gasteiger partial charge in [-0.2, -0.15) is 10.1 Å². The first kappa shape index (κ1) is 15.7. The number of likely N-dealkylation sites (tertiary alicyclic amines) is 1. The molecule has 2 aliphatic rings. The van der Waals surface area contributed by atoms with Crippen molar-refractivity contribution in [2.75, 3.05) is 6.54 Å². The first-order valence-electron chi connectivity index (χ1n) is 9.09. The van der Waals surface area contributed by atoms with Crippen LogP contribution in [0, 0.1) is 13.8 Å². The standard InChI is InChI=1S/C17H26N6O/c1-11(17-19-16(21-24-17)14-7-8-14)22-9-5-4-6-15(22)10-23-13(3)18-12(2)20-23/h11,14-15H,4-10H2,1-3H3/t11-,15-/m0/s1. The Labute approximate surface area is 142 Å². The third kappa shape index (κ3) is 3.09. The Balaban J connectivity index is 1.50. The Morgan fingerprint density at radius 3 is 2.71 bits per heavy atom. The van der Waals surface area contributed by atoms with Crippen LogP contribution in [0.3, 0.4) is 0 Å². The lowest BCUT2D eigenvalue weighted by molar-refractivity contribution is 0.0714. The number of nitrogens with zero attached hydrogens (tertiary/aromatic N) is 6. The molecule has 7 nitrogen and oxygen atoms in total. The van der Waals surface area contributed by atoms with Gasteiger partial charge in [-0.3, -0.25) is 4.90 Å². The Kier molecular flexibility index (Phi) is 4.12. The van der Waals surface area contributed by atoms with Crippen LogP contribution in [0.5, 0.6) is 0 Å². The van der Waals surface area contributed by atoms with E-state index in [1.54, 1.807) is 0 Å². The van der Waals surface area contributed by atoms with Crippen molar-refractivity contribution in [3.05, 3.63) is 23.4 Å². The summed E-state index contributed by atoms with van der Waals surface area (Å²) in [4.78, 5) is 11.6. The molecule has 0 spiro atoms. The van der Waals surface area contributed by atoms with Crippen LogP contribution in [0.25, 0.3) is 0 Å². The Hall–Kier alpha value is -1.76. The fourth-order valence-electron chi connectivity index (χ4n) is 3.73. The molecule has 2 aromatic rings. The van der Waals surface area contributed by atoms with Crippen LogP contribution in [0.2, 0.25) is 0 Å². The Morgan fingerprint density at radius 2 is 2.00 bits per heavy atom. The second-order valence-electron chi connectivity index (χ2n) is 7.22. The predicted molar refractivity (Wildman–Crippen MR) is 88.5 cm³/mol. The van der Waals surface area contributed by atoms with Crippen LogP contribution in [-0.4, -0.2) is 42.4 Å². The summed E-state index contributed by atoms with van der Waals surface area (Å²) in [5.41, 5.74) is 0. The highest BCUT2D eigenvalue weighted by molar-refractivity contribution is 5.05. The molecule has 0 radical (unpaired) electrons. The van der Waals surface area contributed by atoms with E-state index in [9.17, 15) is 0 Å². The summed E-state index contributed by atoms with van der Waals surface area (Å²) in [7, 11) is 0. The highest BCUT2D eigenvalue weighted by Gasteiger charge is 2.33. The summed E-state index contributed by atoms with van der Waals surface area (Å²) in [6, 6.07) is 0.588. The summed E-state index contributed by atoms with van der Waals surface area (Å²) < 4.78 is 7.61. The van der Waals surface area contributed by atoms with Gasteiger partial charge in [0.15, 0.2) is 5.82 Å². The molecule has 7 heteroatoms. The van der Waals surface area contributed by atoms with Crippen LogP contribution in [-0.2, 0) is 6.54 Å². The lowest BCUT2D eigenvalue weighted by Crippen LogP contribution is -2.44. The average Bonchev–Trinajstić information content (AvgIpc) is 3.22. The van der Waals surface area contributed by atoms with Gasteiger partial charge in [-0.05, 0) is 53.0 Å². The van der Waals surface area contributed by atoms with Crippen molar-refractivity contribution in [3.8, 4) is 0 Å². The summed E-state index contributed by atoms with van der Waals surface area (Å²) in [5.74, 6) is 4.02. The maximum Gasteiger partial charge on any atom is 0.243 e. The second-order valence-corrected chi connectivity index (χ2v) is 7.22. The molecule has 2 fully saturated rings. The summed E-state index contributed by atoms with van der Waals surface area (Å²) in [6.07, 6.45) is 6.05. The quantitative estimate of drug-likeness (QED) is 0.839. The maximum absolute atomic E-state index is 5.57. The van der Waals surface area contributed by atoms with Crippen LogP contribution >= 0.6 is 0 Å². The minimum atomic E-state index is 0.153. The molecule has 0 aromatic carbocycles. The Bertz CT molecular complexity index is 704. The minimum absolute atomic E-state index is 0.153. The molecule has 0 bridgehead atoms. The van der Waals surface area contributed by atoms with Crippen LogP contribution in [0.15, 0.2) is 4.52 Å². The molecule has 1 aliphatic heterocycles. The van der Waals surface area contributed by atoms with Gasteiger partial charge in [0.25, 0.3) is 0 Å². The molecule has 2 aromatic heterocycles. The molecule has 1 saturated carbocycles. The van der Waals surface area contributed by atoms with Gasteiger partial charge in [-0.15, -0.1) is 0 Å². The van der Waals surface area contributed by atoms with E-state index in [1.165, 1.54) is 32.1 Å². The van der Waals surface area contributed by atoms with Crippen molar-refractivity contribution in [1.82, 2.24) is 29.8 Å². The van der Waals surface area contributed by atoms with Gasteiger partial charge in [-0.1, -0.05) is 11.6 Å². The molecule has 2 atom stereocenters. The molecule has 24 heavy (non-hydrogen) atoms. The fourth-order valence-corrected chi connectivity index (χ4v) is 3.73. The summed E-state index contributed by atoms with van der Waals surface area (Å²) in [5, 5.41) is 8.71. The van der Waals surface area contributed by atoms with Crippen LogP contribution in [0.1, 0.15) is 74.4 Å². The van der Waals surface area contributed by atoms with Gasteiger partial charge in [0.05, 0.1) is 12.6 Å². The van der Waals surface area contributed by atoms with E-state index in [-0.39, 0.29) is 6.04 Å². The van der Waals surface area contributed by atoms with Gasteiger partial charge < -0.3 is 4.52 Å². The van der Waals surface area contributed by atoms with Crippen molar-refractivity contribution in [2.24, 2.45) is 0 Å². The van der Waals surface area contributed by atoms with Crippen LogP contribution < -0.4 is 0 Å². The van der Waals surface area contributed by atoms with Gasteiger partial charge in [0.1, 0.15) is 11.6 Å². The lowest BCUT2D eigenvalue weighted by atomic mass is 10.00. The molecule has 0 unspecified atom stereocenters. The van der Waals surface area contributed by atoms with Crippen molar-refractivity contribution in [2.45, 2.75) is 77.4 Å². The normalized spacial score (nSPS) is 23.5. The van der Waals surface area contributed by atoms with Gasteiger partial charge >= 0.3 is 0 Å². The SMILES string of the molecule is Cc1nc(C)n(C[C@@H]2CCCCN2[C@@H](C)c2nc(C3CC3)no2)n1. The molecule has 3 heterocycles. The molecular weight excluding hydrogens is 304 g/mol. The summed E-state index contributed by atoms with van der Waals surface area (Å²) in [6.45, 7) is 8.10. The smallest absolute Gasteiger partial charge is 0.243 e. The first-order valence-corrected chi connectivity index (χ1v) is 9.09. The van der Waals surface area contributed by atoms with Crippen molar-refractivity contribution >= 4 is 0 Å². The van der Waals surface area contributed by atoms with Gasteiger partial charge in [0, 0.05) is 12.0 Å². The molecule has 1 aliphatic carbocycles. The van der Waals surface area contributed by atoms with E-state index >= 15 is 0 Å². The largest absolute Gasteiger partial charge is 0.338 e. The predicted octanol–water partition coefficient (Wildman–Crippen LogP) is 2.77. The zero-order valence-electron chi connectivity index (χ0n) is 14.8. The van der Waals surface area contributed by atoms with Gasteiger partial charge in [0.2, 0.25) is 5.89 Å². The summed E-state index contributed by atoms with van der Waals surface area (Å²) >= 11 is 0. The van der Waals surface area contributed by atoms with E-state index in [0.717, 1.165) is 36.5 Å². The molecule has 4 rings (SSSR count). The first-order chi connectivity index (χ1) is 11.6. The number of aryl methyl sites for hydroxylation is 2. The van der Waals surface area contributed by atoms with Crippen molar-refractivity contribution in [3.63, 3.8) is 0 Å². The van der Waals surface area contributed by atoms with Crippen LogP contribution in [0.4, 0.5) is 0 Å². The number of aromatic nitrogens is 5. The minimum Gasteiger partial charge on any atom is -0.338 e. The monoisotopic (exact) mass is 330 g/mol. The number of rotatable bonds is 5. The van der Waals surface area contributed by atoms with E-state index in [1.807, 2.05) is 18.5 Å². The third-order valence-corrected chi connectivity index (χ3v) is 5.27. The highest BCUT2D eigenvalue weighted by Crippen LogP contribution is 2.39. The zero-order valence-corrected chi connectivity index (χ0v) is 14.8. The van der Waals surface area contributed by atoms with E-state index in [2.05, 4.69) is 32.0 Å². The fraction of sp³-hybridized carbons (Fsp3) is 0.765. The van der Waals surface area contributed by atoms with Crippen molar-refractivity contribution < 1.29 is 4.52 Å². The highest BCUT2D eigenvalue weighted by atomic mass is 16.5. The molecule has 0 amide bonds. The topological polar surface area (TPSA) is 72.9 Å². The lowest BCUT2D eigenvalue weighted by Gasteiger charge is -2.38. The zero-order chi connectivity index (χ0) is 16.7. The van der Waals surface area contributed by atoms with E-state index in [0.29, 0.717) is 12.0 Å². The second kappa shape index (κ2) is 6.27. The molecule has 1 saturated heterocycles. The van der Waals surface area contributed by atoms with Crippen molar-refractivity contribution in [1.29, 1.82) is 0 Å². The molecule has 0 N–H and O–H groups in total. The van der Waals surface area contributed by atoms with Gasteiger partial charge in [-0.25, -0.2) is 9.67 Å². The molecular formula is C17H26N6O. The number of hydrogen-bond acceptors (Lipinski definition) is 6. The molecule has 130 valence electrons. The third-order valence-electron chi connectivity index (χ3n) is 5.27. The average molecular weight is 330 g/mol. The number of piperidine rings is 1. The van der Waals surface area contributed by atoms with E-state index < -0.39 is 0 Å². The Morgan fingerprint density at radius 1 is 1.17 bits per heavy atom. The number of hydrogen-bond donors (Lipinski definition) is 0. The maximum atomic E-state index is 5.57.